The van der Waals surface area contributed by atoms with Crippen molar-refractivity contribution in [3.63, 3.8) is 0 Å². The molecule has 0 radical (unpaired) electrons. The Morgan fingerprint density at radius 1 is 1.32 bits per heavy atom. The number of pyridine rings is 1. The van der Waals surface area contributed by atoms with Crippen molar-refractivity contribution in [3.8, 4) is 11.6 Å². The number of ether oxygens (including phenoxy) is 1. The maximum Gasteiger partial charge on any atom is 0.255 e. The fraction of sp³-hybridized carbons (Fsp3) is 0.154. The van der Waals surface area contributed by atoms with Gasteiger partial charge in [0.05, 0.1) is 5.39 Å². The summed E-state index contributed by atoms with van der Waals surface area (Å²) in [6, 6.07) is 5.00. The lowest BCUT2D eigenvalue weighted by Crippen LogP contribution is -1.98. The monoisotopic (exact) mass is 275 g/mol. The van der Waals surface area contributed by atoms with E-state index in [1.54, 1.807) is 6.07 Å². The van der Waals surface area contributed by atoms with Crippen molar-refractivity contribution in [1.82, 2.24) is 15.0 Å². The number of nitrogens with zero attached hydrogens (tertiary/aromatic N) is 3. The molecule has 6 heteroatoms. The van der Waals surface area contributed by atoms with Gasteiger partial charge in [0.2, 0.25) is 5.88 Å². The van der Waals surface area contributed by atoms with E-state index >= 15 is 0 Å². The first-order valence-corrected chi connectivity index (χ1v) is 6.68. The van der Waals surface area contributed by atoms with Gasteiger partial charge in [0.15, 0.2) is 5.75 Å². The number of halogens is 1. The van der Waals surface area contributed by atoms with Crippen molar-refractivity contribution >= 4 is 21.6 Å². The maximum atomic E-state index is 13.5. The zero-order chi connectivity index (χ0) is 13.2. The highest BCUT2D eigenvalue weighted by atomic mass is 32.1. The van der Waals surface area contributed by atoms with Crippen molar-refractivity contribution < 1.29 is 9.13 Å². The lowest BCUT2D eigenvalue weighted by atomic mass is 10.3. The summed E-state index contributed by atoms with van der Waals surface area (Å²) in [5, 5.41) is 2.69. The van der Waals surface area contributed by atoms with E-state index in [-0.39, 0.29) is 5.75 Å². The van der Waals surface area contributed by atoms with Crippen LogP contribution in [0.5, 0.6) is 11.6 Å². The normalized spacial score (nSPS) is 10.8. The van der Waals surface area contributed by atoms with Crippen LogP contribution in [0.25, 0.3) is 10.2 Å². The Labute approximate surface area is 112 Å². The molecule has 0 aliphatic heterocycles. The minimum absolute atomic E-state index is 0.0655. The molecule has 0 amide bonds. The first-order valence-electron chi connectivity index (χ1n) is 5.80. The van der Waals surface area contributed by atoms with Crippen LogP contribution in [0, 0.1) is 5.95 Å². The number of thiophene rings is 1. The second-order valence-electron chi connectivity index (χ2n) is 3.83. The average Bonchev–Trinajstić information content (AvgIpc) is 2.89. The molecule has 0 fully saturated rings. The Kier molecular flexibility index (Phi) is 3.08. The summed E-state index contributed by atoms with van der Waals surface area (Å²) in [5.41, 5.74) is 0. The molecule has 0 aliphatic rings. The van der Waals surface area contributed by atoms with Crippen LogP contribution in [0.3, 0.4) is 0 Å². The van der Waals surface area contributed by atoms with E-state index in [0.29, 0.717) is 18.1 Å². The zero-order valence-corrected chi connectivity index (χ0v) is 10.9. The number of hydrogen-bond donors (Lipinski definition) is 0. The summed E-state index contributed by atoms with van der Waals surface area (Å²) in [6.45, 7) is 1.96. The summed E-state index contributed by atoms with van der Waals surface area (Å²) in [6.07, 6.45) is 2.07. The molecule has 0 unspecified atom stereocenters. The second-order valence-corrected chi connectivity index (χ2v) is 4.73. The quantitative estimate of drug-likeness (QED) is 0.685. The molecular weight excluding hydrogens is 265 g/mol. The Balaban J connectivity index is 2.09. The standard InChI is InChI=1S/C13H10FN3OS/c1-2-10-16-12(8-5-7-19-13(8)17-10)18-9-4-3-6-15-11(9)14/h3-7H,2H2,1H3. The fourth-order valence-electron chi connectivity index (χ4n) is 1.66. The fourth-order valence-corrected chi connectivity index (χ4v) is 2.43. The SMILES string of the molecule is CCc1nc(Oc2cccnc2F)c2ccsc2n1. The van der Waals surface area contributed by atoms with E-state index in [4.69, 9.17) is 4.74 Å². The Morgan fingerprint density at radius 2 is 2.21 bits per heavy atom. The van der Waals surface area contributed by atoms with Gasteiger partial charge in [-0.3, -0.25) is 0 Å². The summed E-state index contributed by atoms with van der Waals surface area (Å²) >= 11 is 1.51. The van der Waals surface area contributed by atoms with Crippen LogP contribution in [0.15, 0.2) is 29.8 Å². The molecule has 0 spiro atoms. The molecule has 0 saturated carbocycles. The van der Waals surface area contributed by atoms with Gasteiger partial charge >= 0.3 is 0 Å². The zero-order valence-electron chi connectivity index (χ0n) is 10.1. The minimum atomic E-state index is -0.650. The molecule has 0 N–H and O–H groups in total. The third-order valence-electron chi connectivity index (χ3n) is 2.58. The predicted octanol–water partition coefficient (Wildman–Crippen LogP) is 3.58. The molecule has 4 nitrogen and oxygen atoms in total. The summed E-state index contributed by atoms with van der Waals surface area (Å²) in [7, 11) is 0. The lowest BCUT2D eigenvalue weighted by Gasteiger charge is -2.07. The highest BCUT2D eigenvalue weighted by molar-refractivity contribution is 7.16. The third kappa shape index (κ3) is 2.26. The van der Waals surface area contributed by atoms with Gasteiger partial charge in [-0.15, -0.1) is 11.3 Å². The molecular formula is C13H10FN3OS. The molecule has 0 aliphatic carbocycles. The van der Waals surface area contributed by atoms with E-state index < -0.39 is 5.95 Å². The largest absolute Gasteiger partial charge is 0.433 e. The average molecular weight is 275 g/mol. The van der Waals surface area contributed by atoms with Gasteiger partial charge in [0.1, 0.15) is 10.7 Å². The Bertz CT molecular complexity index is 729. The van der Waals surface area contributed by atoms with Crippen molar-refractivity contribution in [3.05, 3.63) is 41.5 Å². The van der Waals surface area contributed by atoms with Crippen LogP contribution in [0.4, 0.5) is 4.39 Å². The van der Waals surface area contributed by atoms with Crippen LogP contribution in [-0.2, 0) is 6.42 Å². The number of fused-ring (bicyclic) bond motifs is 1. The predicted molar refractivity (Wildman–Crippen MR) is 71.1 cm³/mol. The Hall–Kier alpha value is -2.08. The minimum Gasteiger partial charge on any atom is -0.433 e. The first kappa shape index (κ1) is 12.0. The van der Waals surface area contributed by atoms with Crippen molar-refractivity contribution in [2.75, 3.05) is 0 Å². The van der Waals surface area contributed by atoms with Gasteiger partial charge in [-0.05, 0) is 23.6 Å². The summed E-state index contributed by atoms with van der Waals surface area (Å²) in [4.78, 5) is 13.1. The lowest BCUT2D eigenvalue weighted by molar-refractivity contribution is 0.418. The number of hydrogen-bond acceptors (Lipinski definition) is 5. The van der Waals surface area contributed by atoms with Gasteiger partial charge in [-0.25, -0.2) is 9.97 Å². The molecule has 3 heterocycles. The van der Waals surface area contributed by atoms with E-state index in [1.807, 2.05) is 18.4 Å². The van der Waals surface area contributed by atoms with Gasteiger partial charge < -0.3 is 4.74 Å². The molecule has 0 atom stereocenters. The van der Waals surface area contributed by atoms with E-state index in [9.17, 15) is 4.39 Å². The van der Waals surface area contributed by atoms with Crippen LogP contribution >= 0.6 is 11.3 Å². The smallest absolute Gasteiger partial charge is 0.255 e. The molecule has 0 aromatic carbocycles. The van der Waals surface area contributed by atoms with Crippen LogP contribution in [0.2, 0.25) is 0 Å². The van der Waals surface area contributed by atoms with E-state index in [1.165, 1.54) is 23.6 Å². The first-order chi connectivity index (χ1) is 9.28. The maximum absolute atomic E-state index is 13.5. The van der Waals surface area contributed by atoms with Crippen LogP contribution < -0.4 is 4.74 Å². The molecule has 0 saturated heterocycles. The van der Waals surface area contributed by atoms with Gasteiger partial charge in [0, 0.05) is 12.6 Å². The molecule has 3 aromatic heterocycles. The van der Waals surface area contributed by atoms with Gasteiger partial charge in [-0.1, -0.05) is 6.92 Å². The number of rotatable bonds is 3. The van der Waals surface area contributed by atoms with Crippen molar-refractivity contribution in [1.29, 1.82) is 0 Å². The van der Waals surface area contributed by atoms with Crippen molar-refractivity contribution in [2.45, 2.75) is 13.3 Å². The third-order valence-corrected chi connectivity index (χ3v) is 3.39. The number of aryl methyl sites for hydroxylation is 1. The van der Waals surface area contributed by atoms with Gasteiger partial charge in [-0.2, -0.15) is 9.37 Å². The summed E-state index contributed by atoms with van der Waals surface area (Å²) < 4.78 is 19.0. The highest BCUT2D eigenvalue weighted by Crippen LogP contribution is 2.30. The van der Waals surface area contributed by atoms with Crippen LogP contribution in [0.1, 0.15) is 12.7 Å². The van der Waals surface area contributed by atoms with E-state index in [2.05, 4.69) is 15.0 Å². The van der Waals surface area contributed by atoms with Crippen molar-refractivity contribution in [2.24, 2.45) is 0 Å². The molecule has 96 valence electrons. The second kappa shape index (κ2) is 4.89. The molecule has 19 heavy (non-hydrogen) atoms. The van der Waals surface area contributed by atoms with E-state index in [0.717, 1.165) is 10.2 Å². The molecule has 3 rings (SSSR count). The summed E-state index contributed by atoms with van der Waals surface area (Å²) in [5.74, 6) is 0.461. The molecule has 0 bridgehead atoms. The Morgan fingerprint density at radius 3 is 3.00 bits per heavy atom. The number of aromatic nitrogens is 3. The topological polar surface area (TPSA) is 47.9 Å². The van der Waals surface area contributed by atoms with Crippen LogP contribution in [-0.4, -0.2) is 15.0 Å². The van der Waals surface area contributed by atoms with Gasteiger partial charge in [0.25, 0.3) is 5.95 Å². The molecule has 3 aromatic rings. The highest BCUT2D eigenvalue weighted by Gasteiger charge is 2.12.